The van der Waals surface area contributed by atoms with Crippen LogP contribution in [0.4, 0.5) is 13.2 Å². The van der Waals surface area contributed by atoms with Gasteiger partial charge in [0.05, 0.1) is 12.2 Å². The Morgan fingerprint density at radius 1 is 1.08 bits per heavy atom. The highest BCUT2D eigenvalue weighted by Crippen LogP contribution is 2.24. The topological polar surface area (TPSA) is 134 Å². The number of rotatable bonds is 7. The predicted octanol–water partition coefficient (Wildman–Crippen LogP) is 2.67. The number of carbonyl (C=O) groups is 1. The maximum absolute atomic E-state index is 13.0. The van der Waals surface area contributed by atoms with E-state index in [1.807, 2.05) is 0 Å². The molecule has 0 saturated heterocycles. The molecular weight excluding hydrogens is 526 g/mol. The minimum atomic E-state index is -4.97. The Bertz CT molecular complexity index is 1480. The number of halogens is 5. The highest BCUT2D eigenvalue weighted by atomic mass is 35.5. The number of aliphatic hydroxyl groups excluding tert-OH is 1. The summed E-state index contributed by atoms with van der Waals surface area (Å²) in [5, 5.41) is 18.6. The Labute approximate surface area is 210 Å². The van der Waals surface area contributed by atoms with E-state index in [0.717, 1.165) is 9.36 Å². The Morgan fingerprint density at radius 2 is 1.78 bits per heavy atom. The first-order valence-electron chi connectivity index (χ1n) is 10.1. The third-order valence-corrected chi connectivity index (χ3v) is 5.46. The number of amides is 1. The van der Waals surface area contributed by atoms with Gasteiger partial charge in [-0.3, -0.25) is 9.36 Å². The number of benzene rings is 2. The summed E-state index contributed by atoms with van der Waals surface area (Å²) in [6.45, 7) is -1.51. The van der Waals surface area contributed by atoms with Crippen LogP contribution in [0.15, 0.2) is 53.3 Å². The first kappa shape index (κ1) is 25.4. The average molecular weight is 542 g/mol. The molecule has 1 atom stereocenters. The Morgan fingerprint density at radius 3 is 2.39 bits per heavy atom. The van der Waals surface area contributed by atoms with E-state index in [1.165, 1.54) is 30.3 Å². The fourth-order valence-electron chi connectivity index (χ4n) is 3.30. The van der Waals surface area contributed by atoms with Crippen molar-refractivity contribution >= 4 is 29.1 Å². The second kappa shape index (κ2) is 9.76. The summed E-state index contributed by atoms with van der Waals surface area (Å²) in [7, 11) is 0. The third kappa shape index (κ3) is 5.27. The third-order valence-electron chi connectivity index (χ3n) is 4.97. The van der Waals surface area contributed by atoms with E-state index in [2.05, 4.69) is 15.2 Å². The zero-order valence-electron chi connectivity index (χ0n) is 18.0. The summed E-state index contributed by atoms with van der Waals surface area (Å²) in [4.78, 5) is 29.0. The molecular formula is C21H16Cl2F3N7O3. The van der Waals surface area contributed by atoms with Crippen LogP contribution in [0.2, 0.25) is 10.0 Å². The molecule has 0 aliphatic heterocycles. The lowest BCUT2D eigenvalue weighted by atomic mass is 10.2. The van der Waals surface area contributed by atoms with Gasteiger partial charge in [-0.1, -0.05) is 29.3 Å². The van der Waals surface area contributed by atoms with Gasteiger partial charge < -0.3 is 10.8 Å². The van der Waals surface area contributed by atoms with Crippen LogP contribution < -0.4 is 11.4 Å². The molecule has 0 fully saturated rings. The van der Waals surface area contributed by atoms with Gasteiger partial charge in [0.25, 0.3) is 5.91 Å². The summed E-state index contributed by atoms with van der Waals surface area (Å²) < 4.78 is 41.7. The van der Waals surface area contributed by atoms with Gasteiger partial charge >= 0.3 is 11.9 Å². The number of aliphatic hydroxyl groups is 1. The zero-order valence-corrected chi connectivity index (χ0v) is 19.5. The molecule has 1 amide bonds. The Hall–Kier alpha value is -3.68. The lowest BCUT2D eigenvalue weighted by Gasteiger charge is -2.15. The predicted molar refractivity (Wildman–Crippen MR) is 123 cm³/mol. The Balaban J connectivity index is 1.77. The molecule has 188 valence electrons. The van der Waals surface area contributed by atoms with Crippen molar-refractivity contribution in [3.8, 4) is 17.1 Å². The lowest BCUT2D eigenvalue weighted by Crippen LogP contribution is -2.37. The van der Waals surface area contributed by atoms with Crippen LogP contribution in [0.5, 0.6) is 0 Å². The van der Waals surface area contributed by atoms with Gasteiger partial charge in [-0.05, 0) is 42.5 Å². The number of aromatic nitrogens is 6. The van der Waals surface area contributed by atoms with Crippen LogP contribution in [-0.2, 0) is 13.1 Å². The molecule has 0 bridgehead atoms. The van der Waals surface area contributed by atoms with Crippen molar-refractivity contribution in [3.05, 3.63) is 80.7 Å². The van der Waals surface area contributed by atoms with E-state index in [0.29, 0.717) is 20.3 Å². The zero-order chi connectivity index (χ0) is 26.2. The van der Waals surface area contributed by atoms with Gasteiger partial charge in [0.1, 0.15) is 6.54 Å². The van der Waals surface area contributed by atoms with Gasteiger partial charge in [-0.15, -0.1) is 10.2 Å². The minimum absolute atomic E-state index is 0.0745. The first-order chi connectivity index (χ1) is 16.9. The van der Waals surface area contributed by atoms with Crippen LogP contribution in [0.25, 0.3) is 17.1 Å². The van der Waals surface area contributed by atoms with Gasteiger partial charge in [-0.25, -0.2) is 19.1 Å². The van der Waals surface area contributed by atoms with Crippen LogP contribution >= 0.6 is 23.2 Å². The van der Waals surface area contributed by atoms with Gasteiger partial charge in [0, 0.05) is 15.6 Å². The fraction of sp³-hybridized carbons (Fsp3) is 0.190. The maximum atomic E-state index is 13.0. The van der Waals surface area contributed by atoms with Crippen molar-refractivity contribution in [3.63, 3.8) is 0 Å². The molecule has 2 aromatic heterocycles. The molecule has 4 rings (SSSR count). The second-order valence-electron chi connectivity index (χ2n) is 7.55. The van der Waals surface area contributed by atoms with Crippen molar-refractivity contribution < 1.29 is 23.1 Å². The number of carbonyl (C=O) groups excluding carboxylic acids is 1. The molecule has 0 spiro atoms. The van der Waals surface area contributed by atoms with Crippen molar-refractivity contribution in [1.82, 2.24) is 29.1 Å². The van der Waals surface area contributed by atoms with E-state index in [1.54, 1.807) is 18.2 Å². The molecule has 15 heteroatoms. The molecule has 0 radical (unpaired) electrons. The Kier molecular flexibility index (Phi) is 6.89. The highest BCUT2D eigenvalue weighted by molar-refractivity contribution is 6.31. The summed E-state index contributed by atoms with van der Waals surface area (Å²) in [6, 6.07) is 12.2. The van der Waals surface area contributed by atoms with Crippen LogP contribution in [0, 0.1) is 0 Å². The number of alkyl halides is 3. The number of hydrogen-bond acceptors (Lipinski definition) is 6. The fourth-order valence-corrected chi connectivity index (χ4v) is 3.61. The molecule has 2 heterocycles. The standard InChI is InChI=1S/C21H16Cl2F3N7O3/c22-12-6-4-11(5-7-12)18-30-32(20(36)31(18)9-15(34)21(24,25)26)10-16-28-19(17(27)35)33(29-16)14-3-1-2-13(23)8-14/h1-8,15,34H,9-10H2,(H2,27,35). The first-order valence-corrected chi connectivity index (χ1v) is 10.9. The van der Waals surface area contributed by atoms with E-state index >= 15 is 0 Å². The SMILES string of the molecule is NC(=O)c1nc(Cn2nc(-c3ccc(Cl)cc3)n(CC(O)C(F)(F)F)c2=O)nn1-c1cccc(Cl)c1. The maximum Gasteiger partial charge on any atom is 0.416 e. The quantitative estimate of drug-likeness (QED) is 0.369. The molecule has 0 aliphatic carbocycles. The number of primary amides is 1. The summed E-state index contributed by atoms with van der Waals surface area (Å²) in [5.74, 6) is -1.40. The highest BCUT2D eigenvalue weighted by Gasteiger charge is 2.39. The summed E-state index contributed by atoms with van der Waals surface area (Å²) >= 11 is 11.9. The monoisotopic (exact) mass is 541 g/mol. The minimum Gasteiger partial charge on any atom is -0.382 e. The van der Waals surface area contributed by atoms with Gasteiger partial charge in [-0.2, -0.15) is 13.2 Å². The van der Waals surface area contributed by atoms with Crippen LogP contribution in [0.1, 0.15) is 16.4 Å². The smallest absolute Gasteiger partial charge is 0.382 e. The number of hydrogen-bond donors (Lipinski definition) is 2. The molecule has 36 heavy (non-hydrogen) atoms. The lowest BCUT2D eigenvalue weighted by molar-refractivity contribution is -0.207. The van der Waals surface area contributed by atoms with Crippen molar-refractivity contribution in [2.75, 3.05) is 0 Å². The molecule has 1 unspecified atom stereocenters. The van der Waals surface area contributed by atoms with Crippen LogP contribution in [-0.4, -0.2) is 52.4 Å². The molecule has 3 N–H and O–H groups in total. The van der Waals surface area contributed by atoms with E-state index < -0.39 is 37.0 Å². The summed E-state index contributed by atoms with van der Waals surface area (Å²) in [6.07, 6.45) is -7.78. The molecule has 10 nitrogen and oxygen atoms in total. The molecule has 2 aromatic carbocycles. The van der Waals surface area contributed by atoms with E-state index in [9.17, 15) is 27.9 Å². The average Bonchev–Trinajstić information content (AvgIpc) is 3.36. The molecule has 0 saturated carbocycles. The number of nitrogens with two attached hydrogens (primary N) is 1. The van der Waals surface area contributed by atoms with Crippen LogP contribution in [0.3, 0.4) is 0 Å². The van der Waals surface area contributed by atoms with E-state index in [4.69, 9.17) is 28.9 Å². The second-order valence-corrected chi connectivity index (χ2v) is 8.42. The van der Waals surface area contributed by atoms with Gasteiger partial charge in [0.2, 0.25) is 5.82 Å². The van der Waals surface area contributed by atoms with Crippen molar-refractivity contribution in [1.29, 1.82) is 0 Å². The largest absolute Gasteiger partial charge is 0.416 e. The van der Waals surface area contributed by atoms with E-state index in [-0.39, 0.29) is 23.0 Å². The number of nitrogens with zero attached hydrogens (tertiary/aromatic N) is 6. The molecule has 0 aliphatic rings. The normalized spacial score (nSPS) is 12.6. The van der Waals surface area contributed by atoms with Crippen molar-refractivity contribution in [2.24, 2.45) is 5.73 Å². The van der Waals surface area contributed by atoms with Gasteiger partial charge in [0.15, 0.2) is 17.8 Å². The molecule has 4 aromatic rings. The van der Waals surface area contributed by atoms with Crippen molar-refractivity contribution in [2.45, 2.75) is 25.4 Å². The summed E-state index contributed by atoms with van der Waals surface area (Å²) in [5.41, 5.74) is 5.08.